The van der Waals surface area contributed by atoms with E-state index in [1.54, 1.807) is 0 Å². The van der Waals surface area contributed by atoms with Crippen molar-refractivity contribution >= 4 is 7.82 Å². The molecule has 0 aromatic heterocycles. The molecule has 0 amide bonds. The van der Waals surface area contributed by atoms with Gasteiger partial charge in [-0.25, -0.2) is 4.57 Å². The summed E-state index contributed by atoms with van der Waals surface area (Å²) >= 11 is 0. The van der Waals surface area contributed by atoms with E-state index in [1.165, 1.54) is 14.2 Å². The summed E-state index contributed by atoms with van der Waals surface area (Å²) in [5.74, 6) is 0. The molecule has 5 nitrogen and oxygen atoms in total. The lowest BCUT2D eigenvalue weighted by atomic mass is 10.8. The Morgan fingerprint density at radius 3 is 2.33 bits per heavy atom. The second-order valence-corrected chi connectivity index (χ2v) is 3.49. The first-order chi connectivity index (χ1) is 5.68. The standard InChI is InChI=1S/C6H11O5P/c1-4-10-5-6-11-12(7,8-2)9-3/h1H,5-6H2,2-3H3. The molecule has 0 aliphatic carbocycles. The monoisotopic (exact) mass is 194 g/mol. The van der Waals surface area contributed by atoms with Gasteiger partial charge in [0.25, 0.3) is 0 Å². The molecule has 0 N–H and O–H groups in total. The van der Waals surface area contributed by atoms with E-state index in [4.69, 9.17) is 10.9 Å². The van der Waals surface area contributed by atoms with Crippen molar-refractivity contribution < 1.29 is 22.9 Å². The molecule has 70 valence electrons. The van der Waals surface area contributed by atoms with Crippen molar-refractivity contribution in [3.05, 3.63) is 0 Å². The van der Waals surface area contributed by atoms with Gasteiger partial charge in [-0.05, 0) is 0 Å². The number of phosphoric acid groups is 1. The summed E-state index contributed by atoms with van der Waals surface area (Å²) in [6.07, 6.45) is 6.72. The third-order valence-electron chi connectivity index (χ3n) is 0.965. The minimum atomic E-state index is -3.37. The van der Waals surface area contributed by atoms with Crippen LogP contribution in [0.15, 0.2) is 0 Å². The summed E-state index contributed by atoms with van der Waals surface area (Å²) in [4.78, 5) is 0. The Labute approximate surface area is 71.6 Å². The minimum absolute atomic E-state index is 0.0587. The molecule has 0 rings (SSSR count). The number of terminal acetylenes is 1. The molecular weight excluding hydrogens is 183 g/mol. The van der Waals surface area contributed by atoms with Gasteiger partial charge in [-0.3, -0.25) is 13.6 Å². The highest BCUT2D eigenvalue weighted by Crippen LogP contribution is 2.47. The highest BCUT2D eigenvalue weighted by atomic mass is 31.2. The first-order valence-corrected chi connectivity index (χ1v) is 4.58. The smallest absolute Gasteiger partial charge is 0.444 e. The van der Waals surface area contributed by atoms with Crippen molar-refractivity contribution in [1.82, 2.24) is 0 Å². The average molecular weight is 194 g/mol. The molecule has 0 fully saturated rings. The first-order valence-electron chi connectivity index (χ1n) is 3.12. The van der Waals surface area contributed by atoms with Crippen LogP contribution in [-0.2, 0) is 22.9 Å². The molecule has 0 bridgehead atoms. The summed E-state index contributed by atoms with van der Waals surface area (Å²) in [5.41, 5.74) is 0. The lowest BCUT2D eigenvalue weighted by Gasteiger charge is -2.12. The second kappa shape index (κ2) is 6.04. The molecule has 0 spiro atoms. The van der Waals surface area contributed by atoms with Crippen LogP contribution in [0.5, 0.6) is 0 Å². The number of rotatable bonds is 6. The zero-order chi connectivity index (χ0) is 9.45. The zero-order valence-electron chi connectivity index (χ0n) is 6.98. The van der Waals surface area contributed by atoms with Crippen LogP contribution in [0, 0.1) is 12.5 Å². The molecule has 0 aromatic rings. The average Bonchev–Trinajstić information content (AvgIpc) is 2.12. The molecule has 0 atom stereocenters. The Balaban J connectivity index is 3.61. The van der Waals surface area contributed by atoms with Gasteiger partial charge in [0.15, 0.2) is 0 Å². The van der Waals surface area contributed by atoms with Crippen molar-refractivity contribution in [2.45, 2.75) is 0 Å². The van der Waals surface area contributed by atoms with Gasteiger partial charge in [-0.15, -0.1) is 0 Å². The summed E-state index contributed by atoms with van der Waals surface area (Å²) in [6.45, 7) is 0.205. The second-order valence-electron chi connectivity index (χ2n) is 1.61. The fourth-order valence-corrected chi connectivity index (χ4v) is 1.09. The number of hydrogen-bond acceptors (Lipinski definition) is 5. The topological polar surface area (TPSA) is 54.0 Å². The van der Waals surface area contributed by atoms with Crippen LogP contribution >= 0.6 is 7.82 Å². The zero-order valence-corrected chi connectivity index (χ0v) is 7.87. The quantitative estimate of drug-likeness (QED) is 0.359. The Kier molecular flexibility index (Phi) is 5.77. The van der Waals surface area contributed by atoms with E-state index in [2.05, 4.69) is 13.8 Å². The third-order valence-corrected chi connectivity index (χ3v) is 2.36. The molecule has 12 heavy (non-hydrogen) atoms. The summed E-state index contributed by atoms with van der Waals surface area (Å²) in [5, 5.41) is 0. The van der Waals surface area contributed by atoms with E-state index in [1.807, 2.05) is 6.11 Å². The van der Waals surface area contributed by atoms with Crippen molar-refractivity contribution in [2.24, 2.45) is 0 Å². The molecule has 0 heterocycles. The molecule has 0 unspecified atom stereocenters. The summed E-state index contributed by atoms with van der Waals surface area (Å²) in [6, 6.07) is 0. The van der Waals surface area contributed by atoms with E-state index in [0.717, 1.165) is 0 Å². The van der Waals surface area contributed by atoms with Crippen LogP contribution in [0.25, 0.3) is 0 Å². The van der Waals surface area contributed by atoms with Gasteiger partial charge in [0.2, 0.25) is 0 Å². The number of hydrogen-bond donors (Lipinski definition) is 0. The van der Waals surface area contributed by atoms with Gasteiger partial charge in [0.05, 0.1) is 6.61 Å². The molecule has 0 aliphatic heterocycles. The fraction of sp³-hybridized carbons (Fsp3) is 0.667. The molecule has 0 aromatic carbocycles. The van der Waals surface area contributed by atoms with Gasteiger partial charge in [0.1, 0.15) is 12.7 Å². The van der Waals surface area contributed by atoms with Gasteiger partial charge in [-0.2, -0.15) is 0 Å². The van der Waals surface area contributed by atoms with E-state index in [-0.39, 0.29) is 13.2 Å². The Morgan fingerprint density at radius 1 is 1.33 bits per heavy atom. The SMILES string of the molecule is C#COCCOP(=O)(OC)OC. The van der Waals surface area contributed by atoms with Gasteiger partial charge >= 0.3 is 7.82 Å². The normalized spacial score (nSPS) is 10.8. The van der Waals surface area contributed by atoms with Gasteiger partial charge < -0.3 is 4.74 Å². The van der Waals surface area contributed by atoms with Crippen LogP contribution in [0.2, 0.25) is 0 Å². The van der Waals surface area contributed by atoms with Crippen molar-refractivity contribution in [1.29, 1.82) is 0 Å². The summed E-state index contributed by atoms with van der Waals surface area (Å²) in [7, 11) is -0.913. The molecule has 0 radical (unpaired) electrons. The van der Waals surface area contributed by atoms with E-state index < -0.39 is 7.82 Å². The first kappa shape index (κ1) is 11.5. The maximum absolute atomic E-state index is 11.1. The van der Waals surface area contributed by atoms with Crippen molar-refractivity contribution in [3.8, 4) is 12.5 Å². The summed E-state index contributed by atoms with van der Waals surface area (Å²) < 4.78 is 29.3. The molecular formula is C6H11O5P. The number of phosphoric ester groups is 1. The molecule has 0 aliphatic rings. The van der Waals surface area contributed by atoms with Crippen LogP contribution in [-0.4, -0.2) is 27.4 Å². The highest BCUT2D eigenvalue weighted by molar-refractivity contribution is 7.48. The molecule has 0 saturated heterocycles. The largest absolute Gasteiger partial charge is 0.474 e. The molecule has 6 heteroatoms. The maximum atomic E-state index is 11.1. The van der Waals surface area contributed by atoms with Gasteiger partial charge in [-0.1, -0.05) is 6.42 Å². The highest BCUT2D eigenvalue weighted by Gasteiger charge is 2.21. The van der Waals surface area contributed by atoms with Crippen LogP contribution < -0.4 is 0 Å². The van der Waals surface area contributed by atoms with E-state index >= 15 is 0 Å². The minimum Gasteiger partial charge on any atom is -0.444 e. The molecule has 0 saturated carbocycles. The van der Waals surface area contributed by atoms with Crippen molar-refractivity contribution in [2.75, 3.05) is 27.4 Å². The fourth-order valence-electron chi connectivity index (χ4n) is 0.430. The Bertz CT molecular complexity index is 189. The lowest BCUT2D eigenvalue weighted by Crippen LogP contribution is -2.02. The Hall–Kier alpha value is -0.530. The van der Waals surface area contributed by atoms with E-state index in [0.29, 0.717) is 0 Å². The maximum Gasteiger partial charge on any atom is 0.474 e. The van der Waals surface area contributed by atoms with Gasteiger partial charge in [0, 0.05) is 14.2 Å². The predicted molar refractivity (Wildman–Crippen MR) is 42.4 cm³/mol. The van der Waals surface area contributed by atoms with Crippen LogP contribution in [0.4, 0.5) is 0 Å². The lowest BCUT2D eigenvalue weighted by molar-refractivity contribution is 0.123. The third kappa shape index (κ3) is 4.37. The van der Waals surface area contributed by atoms with Crippen LogP contribution in [0.3, 0.4) is 0 Å². The van der Waals surface area contributed by atoms with Crippen LogP contribution in [0.1, 0.15) is 0 Å². The predicted octanol–water partition coefficient (Wildman–Crippen LogP) is 1.01. The Morgan fingerprint density at radius 2 is 1.92 bits per heavy atom. The number of ether oxygens (including phenoxy) is 1. The van der Waals surface area contributed by atoms with Crippen molar-refractivity contribution in [3.63, 3.8) is 0 Å². The van der Waals surface area contributed by atoms with E-state index in [9.17, 15) is 4.57 Å².